The van der Waals surface area contributed by atoms with Crippen molar-refractivity contribution in [2.75, 3.05) is 7.11 Å². The average Bonchev–Trinajstić information content (AvgIpc) is 2.89. The molecule has 0 bridgehead atoms. The molecule has 1 aliphatic rings. The summed E-state index contributed by atoms with van der Waals surface area (Å²) in [5.74, 6) is 0.287. The second-order valence-corrected chi connectivity index (χ2v) is 7.28. The van der Waals surface area contributed by atoms with Crippen molar-refractivity contribution in [2.45, 2.75) is 72.0 Å². The van der Waals surface area contributed by atoms with E-state index in [-0.39, 0.29) is 24.6 Å². The smallest absolute Gasteiger partial charge is 0.310 e. The SMILES string of the molecule is CO[C@H]1CCCC[C@H]1OC(=O)Cc1c(C)nn(-c2nc(C)cc(C)n2)c1C. The summed E-state index contributed by atoms with van der Waals surface area (Å²) in [6, 6.07) is 1.92. The molecule has 7 heteroatoms. The van der Waals surface area contributed by atoms with Gasteiger partial charge in [0.15, 0.2) is 0 Å². The number of carbonyl (C=O) groups is 1. The second kappa shape index (κ2) is 8.17. The number of ether oxygens (including phenoxy) is 2. The van der Waals surface area contributed by atoms with Gasteiger partial charge < -0.3 is 9.47 Å². The first-order chi connectivity index (χ1) is 12.9. The lowest BCUT2D eigenvalue weighted by Crippen LogP contribution is -2.36. The molecular weight excluding hydrogens is 344 g/mol. The van der Waals surface area contributed by atoms with Crippen LogP contribution in [0.15, 0.2) is 6.07 Å². The zero-order chi connectivity index (χ0) is 19.6. The van der Waals surface area contributed by atoms with Crippen molar-refractivity contribution >= 4 is 5.97 Å². The molecular formula is C20H28N4O3. The number of methoxy groups -OCH3 is 1. The van der Waals surface area contributed by atoms with Gasteiger partial charge in [-0.25, -0.2) is 14.6 Å². The molecule has 0 aromatic carbocycles. The van der Waals surface area contributed by atoms with Gasteiger partial charge in [0.05, 0.1) is 18.2 Å². The van der Waals surface area contributed by atoms with E-state index in [2.05, 4.69) is 15.1 Å². The van der Waals surface area contributed by atoms with Crippen molar-refractivity contribution in [3.8, 4) is 5.95 Å². The third kappa shape index (κ3) is 4.35. The standard InChI is InChI=1S/C20H28N4O3/c1-12-10-13(2)22-20(21-12)24-15(4)16(14(3)23-24)11-19(25)27-18-9-7-6-8-17(18)26-5/h10,17-18H,6-9,11H2,1-5H3/t17-,18+/m0/s1. The topological polar surface area (TPSA) is 79.1 Å². The molecule has 0 amide bonds. The van der Waals surface area contributed by atoms with Crippen LogP contribution in [0.3, 0.4) is 0 Å². The predicted molar refractivity (Wildman–Crippen MR) is 101 cm³/mol. The van der Waals surface area contributed by atoms with Crippen molar-refractivity contribution in [2.24, 2.45) is 0 Å². The quantitative estimate of drug-likeness (QED) is 0.751. The number of rotatable bonds is 5. The highest BCUT2D eigenvalue weighted by atomic mass is 16.6. The van der Waals surface area contributed by atoms with Crippen molar-refractivity contribution in [1.82, 2.24) is 19.7 Å². The van der Waals surface area contributed by atoms with E-state index in [0.717, 1.165) is 54.0 Å². The van der Waals surface area contributed by atoms with Gasteiger partial charge in [-0.3, -0.25) is 4.79 Å². The first-order valence-electron chi connectivity index (χ1n) is 9.49. The molecule has 2 aromatic rings. The van der Waals surface area contributed by atoms with Crippen molar-refractivity contribution in [1.29, 1.82) is 0 Å². The fourth-order valence-corrected chi connectivity index (χ4v) is 3.75. The molecule has 2 atom stereocenters. The van der Waals surface area contributed by atoms with Crippen LogP contribution in [0.5, 0.6) is 0 Å². The van der Waals surface area contributed by atoms with Gasteiger partial charge in [-0.05, 0) is 53.0 Å². The summed E-state index contributed by atoms with van der Waals surface area (Å²) in [5, 5.41) is 4.55. The Morgan fingerprint density at radius 3 is 2.37 bits per heavy atom. The van der Waals surface area contributed by atoms with Crippen LogP contribution in [0, 0.1) is 27.7 Å². The Morgan fingerprint density at radius 1 is 1.11 bits per heavy atom. The average molecular weight is 372 g/mol. The Balaban J connectivity index is 1.77. The highest BCUT2D eigenvalue weighted by molar-refractivity contribution is 5.73. The molecule has 27 heavy (non-hydrogen) atoms. The zero-order valence-electron chi connectivity index (χ0n) is 16.8. The van der Waals surface area contributed by atoms with Crippen LogP contribution in [-0.2, 0) is 20.7 Å². The summed E-state index contributed by atoms with van der Waals surface area (Å²) in [6.07, 6.45) is 4.01. The molecule has 2 aromatic heterocycles. The molecule has 0 saturated heterocycles. The lowest BCUT2D eigenvalue weighted by molar-refractivity contribution is -0.158. The van der Waals surface area contributed by atoms with E-state index in [1.165, 1.54) is 0 Å². The maximum atomic E-state index is 12.6. The van der Waals surface area contributed by atoms with Crippen molar-refractivity contribution in [3.63, 3.8) is 0 Å². The summed E-state index contributed by atoms with van der Waals surface area (Å²) in [5.41, 5.74) is 4.29. The van der Waals surface area contributed by atoms with E-state index in [0.29, 0.717) is 5.95 Å². The van der Waals surface area contributed by atoms with E-state index >= 15 is 0 Å². The minimum Gasteiger partial charge on any atom is -0.459 e. The molecule has 1 fully saturated rings. The Hall–Kier alpha value is -2.28. The van der Waals surface area contributed by atoms with E-state index < -0.39 is 0 Å². The van der Waals surface area contributed by atoms with Gasteiger partial charge >= 0.3 is 5.97 Å². The van der Waals surface area contributed by atoms with Crippen molar-refractivity contribution in [3.05, 3.63) is 34.4 Å². The third-order valence-corrected chi connectivity index (χ3v) is 5.15. The Morgan fingerprint density at radius 2 is 1.74 bits per heavy atom. The Bertz CT molecular complexity index is 811. The number of hydrogen-bond acceptors (Lipinski definition) is 6. The van der Waals surface area contributed by atoms with E-state index in [4.69, 9.17) is 9.47 Å². The molecule has 2 heterocycles. The zero-order valence-corrected chi connectivity index (χ0v) is 16.8. The van der Waals surface area contributed by atoms with Crippen LogP contribution in [0.4, 0.5) is 0 Å². The van der Waals surface area contributed by atoms with E-state index in [1.54, 1.807) is 11.8 Å². The van der Waals surface area contributed by atoms with Crippen LogP contribution in [-0.4, -0.2) is 45.0 Å². The predicted octanol–water partition coefficient (Wildman–Crippen LogP) is 2.94. The van der Waals surface area contributed by atoms with Gasteiger partial charge in [0.2, 0.25) is 0 Å². The van der Waals surface area contributed by atoms with Crippen LogP contribution in [0.2, 0.25) is 0 Å². The van der Waals surface area contributed by atoms with Crippen LogP contribution < -0.4 is 0 Å². The van der Waals surface area contributed by atoms with E-state index in [9.17, 15) is 4.79 Å². The van der Waals surface area contributed by atoms with Crippen LogP contribution in [0.25, 0.3) is 5.95 Å². The molecule has 146 valence electrons. The van der Waals surface area contributed by atoms with Gasteiger partial charge in [0.1, 0.15) is 6.10 Å². The van der Waals surface area contributed by atoms with E-state index in [1.807, 2.05) is 33.8 Å². The number of nitrogens with zero attached hydrogens (tertiary/aromatic N) is 4. The van der Waals surface area contributed by atoms with Gasteiger partial charge in [-0.2, -0.15) is 5.10 Å². The molecule has 0 spiro atoms. The number of esters is 1. The number of aryl methyl sites for hydroxylation is 3. The third-order valence-electron chi connectivity index (χ3n) is 5.15. The maximum absolute atomic E-state index is 12.6. The highest BCUT2D eigenvalue weighted by Gasteiger charge is 2.29. The minimum absolute atomic E-state index is 0.00344. The first-order valence-corrected chi connectivity index (χ1v) is 9.49. The summed E-state index contributed by atoms with van der Waals surface area (Å²) < 4.78 is 12.9. The minimum atomic E-state index is -0.240. The molecule has 1 saturated carbocycles. The van der Waals surface area contributed by atoms with Gasteiger partial charge in [0.25, 0.3) is 5.95 Å². The largest absolute Gasteiger partial charge is 0.459 e. The number of carbonyl (C=O) groups excluding carboxylic acids is 1. The maximum Gasteiger partial charge on any atom is 0.310 e. The summed E-state index contributed by atoms with van der Waals surface area (Å²) >= 11 is 0. The summed E-state index contributed by atoms with van der Waals surface area (Å²) in [6.45, 7) is 7.69. The first kappa shape index (κ1) is 19.5. The lowest BCUT2D eigenvalue weighted by atomic mass is 9.94. The van der Waals surface area contributed by atoms with Crippen LogP contribution >= 0.6 is 0 Å². The highest BCUT2D eigenvalue weighted by Crippen LogP contribution is 2.24. The fourth-order valence-electron chi connectivity index (χ4n) is 3.75. The monoisotopic (exact) mass is 372 g/mol. The molecule has 0 aliphatic heterocycles. The fraction of sp³-hybridized carbons (Fsp3) is 0.600. The van der Waals surface area contributed by atoms with Crippen molar-refractivity contribution < 1.29 is 14.3 Å². The summed E-state index contributed by atoms with van der Waals surface area (Å²) in [4.78, 5) is 21.5. The molecule has 0 N–H and O–H groups in total. The summed E-state index contributed by atoms with van der Waals surface area (Å²) in [7, 11) is 1.68. The van der Waals surface area contributed by atoms with Gasteiger partial charge in [-0.1, -0.05) is 6.42 Å². The van der Waals surface area contributed by atoms with Gasteiger partial charge in [0, 0.05) is 29.8 Å². The Kier molecular flexibility index (Phi) is 5.89. The second-order valence-electron chi connectivity index (χ2n) is 7.28. The molecule has 7 nitrogen and oxygen atoms in total. The lowest BCUT2D eigenvalue weighted by Gasteiger charge is -2.29. The molecule has 3 rings (SSSR count). The number of aromatic nitrogens is 4. The number of hydrogen-bond donors (Lipinski definition) is 0. The molecule has 0 unspecified atom stereocenters. The molecule has 1 aliphatic carbocycles. The van der Waals surface area contributed by atoms with Crippen LogP contribution in [0.1, 0.15) is 54.0 Å². The normalized spacial score (nSPS) is 19.9. The van der Waals surface area contributed by atoms with Gasteiger partial charge in [-0.15, -0.1) is 0 Å². The Labute approximate surface area is 160 Å². The molecule has 0 radical (unpaired) electrons.